The fourth-order valence-electron chi connectivity index (χ4n) is 3.13. The van der Waals surface area contributed by atoms with Crippen LogP contribution in [0.4, 0.5) is 5.82 Å². The quantitative estimate of drug-likeness (QED) is 0.132. The molecule has 1 fully saturated rings. The summed E-state index contributed by atoms with van der Waals surface area (Å²) in [6, 6.07) is 0.209. The van der Waals surface area contributed by atoms with Crippen molar-refractivity contribution in [3.63, 3.8) is 0 Å². The van der Waals surface area contributed by atoms with E-state index in [1.807, 2.05) is 0 Å². The van der Waals surface area contributed by atoms with Crippen molar-refractivity contribution >= 4 is 59.6 Å². The number of aromatic nitrogens is 2. The number of nitrogens with two attached hydrogens (primary N) is 1. The summed E-state index contributed by atoms with van der Waals surface area (Å²) in [6.45, 7) is 9.27. The standard InChI is InChI=1S/C22H35Cl2N4O9PS/c1-12(2)36-17(30)13(3)27-38(33,34-9-10-39-19(31)21(4,5)6)35-11-14-16(29)22(23,24)18(37-14)28-8-7-15(25)26-20(28)32/h7-8,12-14,16,18,29H,9-11H2,1-6H3,(H,27,33)(H2,25,26,32)/t13?,14-,16-,18-,38?/m1/s1. The fourth-order valence-corrected chi connectivity index (χ4v) is 6.11. The molecule has 1 aliphatic heterocycles. The molecule has 1 aromatic rings. The van der Waals surface area contributed by atoms with Crippen LogP contribution in [-0.2, 0) is 32.7 Å². The lowest BCUT2D eigenvalue weighted by Gasteiger charge is -2.25. The zero-order valence-corrected chi connectivity index (χ0v) is 25.7. The summed E-state index contributed by atoms with van der Waals surface area (Å²) in [5.74, 6) is -0.594. The molecule has 1 aliphatic rings. The van der Waals surface area contributed by atoms with Crippen LogP contribution in [0.3, 0.4) is 0 Å². The van der Waals surface area contributed by atoms with Gasteiger partial charge in [-0.15, -0.1) is 0 Å². The van der Waals surface area contributed by atoms with Gasteiger partial charge >= 0.3 is 19.4 Å². The number of halogens is 2. The molecule has 222 valence electrons. The van der Waals surface area contributed by atoms with E-state index >= 15 is 0 Å². The first kappa shape index (κ1) is 34.0. The van der Waals surface area contributed by atoms with Crippen LogP contribution in [0.15, 0.2) is 17.1 Å². The molecule has 0 aliphatic carbocycles. The molecule has 0 aromatic carbocycles. The monoisotopic (exact) mass is 632 g/mol. The number of carbonyl (C=O) groups excluding carboxylic acids is 2. The highest BCUT2D eigenvalue weighted by atomic mass is 35.5. The second-order valence-corrected chi connectivity index (χ2v) is 14.3. The van der Waals surface area contributed by atoms with Crippen LogP contribution in [0.2, 0.25) is 0 Å². The van der Waals surface area contributed by atoms with Crippen LogP contribution < -0.4 is 16.5 Å². The molecule has 4 N–H and O–H groups in total. The molecule has 2 heterocycles. The van der Waals surface area contributed by atoms with Crippen LogP contribution in [0, 0.1) is 5.41 Å². The van der Waals surface area contributed by atoms with E-state index in [0.717, 1.165) is 16.3 Å². The van der Waals surface area contributed by atoms with Crippen molar-refractivity contribution in [2.75, 3.05) is 24.7 Å². The van der Waals surface area contributed by atoms with E-state index in [2.05, 4.69) is 10.1 Å². The van der Waals surface area contributed by atoms with Gasteiger partial charge in [-0.05, 0) is 26.8 Å². The second kappa shape index (κ2) is 13.6. The fraction of sp³-hybridized carbons (Fsp3) is 0.727. The molecule has 1 saturated heterocycles. The predicted octanol–water partition coefficient (Wildman–Crippen LogP) is 2.63. The Morgan fingerprint density at radius 3 is 2.54 bits per heavy atom. The van der Waals surface area contributed by atoms with Crippen molar-refractivity contribution in [1.82, 2.24) is 14.6 Å². The smallest absolute Gasteiger partial charge is 0.406 e. The highest BCUT2D eigenvalue weighted by molar-refractivity contribution is 8.13. The first-order valence-electron chi connectivity index (χ1n) is 12.0. The molecule has 0 saturated carbocycles. The Labute approximate surface area is 241 Å². The number of nitrogens with zero attached hydrogens (tertiary/aromatic N) is 2. The van der Waals surface area contributed by atoms with E-state index in [1.54, 1.807) is 34.6 Å². The van der Waals surface area contributed by atoms with Crippen LogP contribution in [0.5, 0.6) is 0 Å². The van der Waals surface area contributed by atoms with Gasteiger partial charge in [-0.3, -0.25) is 23.2 Å². The highest BCUT2D eigenvalue weighted by Crippen LogP contribution is 2.49. The van der Waals surface area contributed by atoms with Gasteiger partial charge in [0, 0.05) is 17.4 Å². The van der Waals surface area contributed by atoms with E-state index in [9.17, 15) is 24.1 Å². The van der Waals surface area contributed by atoms with Gasteiger partial charge in [-0.2, -0.15) is 4.98 Å². The van der Waals surface area contributed by atoms with Gasteiger partial charge in [-0.25, -0.2) is 14.4 Å². The number of ether oxygens (including phenoxy) is 2. The lowest BCUT2D eigenvalue weighted by atomic mass is 10.00. The van der Waals surface area contributed by atoms with Crippen LogP contribution >= 0.6 is 42.7 Å². The summed E-state index contributed by atoms with van der Waals surface area (Å²) < 4.78 is 34.3. The Morgan fingerprint density at radius 1 is 1.33 bits per heavy atom. The average molecular weight is 633 g/mol. The predicted molar refractivity (Wildman–Crippen MR) is 148 cm³/mol. The molecular formula is C22H35Cl2N4O9PS. The second-order valence-electron chi connectivity index (χ2n) is 10.0. The number of aliphatic hydroxyl groups excluding tert-OH is 1. The van der Waals surface area contributed by atoms with Crippen molar-refractivity contribution in [1.29, 1.82) is 0 Å². The lowest BCUT2D eigenvalue weighted by molar-refractivity contribution is -0.149. The first-order valence-corrected chi connectivity index (χ1v) is 15.3. The molecule has 13 nitrogen and oxygen atoms in total. The number of alkyl halides is 2. The van der Waals surface area contributed by atoms with E-state index in [4.69, 9.17) is 47.5 Å². The van der Waals surface area contributed by atoms with E-state index in [0.29, 0.717) is 0 Å². The number of carbonyl (C=O) groups is 2. The van der Waals surface area contributed by atoms with Crippen molar-refractivity contribution in [2.45, 2.75) is 76.5 Å². The Kier molecular flexibility index (Phi) is 11.9. The molecule has 5 atom stereocenters. The van der Waals surface area contributed by atoms with Crippen molar-refractivity contribution in [3.05, 3.63) is 22.7 Å². The van der Waals surface area contributed by atoms with Gasteiger partial charge in [0.1, 0.15) is 24.1 Å². The summed E-state index contributed by atoms with van der Waals surface area (Å²) >= 11 is 13.6. The Balaban J connectivity index is 2.16. The average Bonchev–Trinajstić information content (AvgIpc) is 3.03. The SMILES string of the molecule is CC(C)OC(=O)C(C)NP(=O)(OCCSC(=O)C(C)(C)C)OC[C@H]1O[C@@H](n2ccc(N)nc2=O)C(Cl)(Cl)[C@@H]1O. The molecule has 0 spiro atoms. The van der Waals surface area contributed by atoms with Gasteiger partial charge in [0.25, 0.3) is 0 Å². The third-order valence-corrected chi connectivity index (χ3v) is 8.92. The molecule has 0 bridgehead atoms. The van der Waals surface area contributed by atoms with E-state index in [1.165, 1.54) is 19.2 Å². The largest absolute Gasteiger partial charge is 0.462 e. The van der Waals surface area contributed by atoms with E-state index < -0.39 is 66.3 Å². The minimum atomic E-state index is -4.25. The number of aliphatic hydroxyl groups is 1. The number of rotatable bonds is 12. The van der Waals surface area contributed by atoms with Gasteiger partial charge < -0.3 is 20.3 Å². The number of anilines is 1. The number of nitrogen functional groups attached to an aromatic ring is 1. The maximum Gasteiger partial charge on any atom is 0.406 e. The van der Waals surface area contributed by atoms with Crippen LogP contribution in [-0.4, -0.2) is 73.4 Å². The molecular weight excluding hydrogens is 598 g/mol. The zero-order chi connectivity index (χ0) is 29.8. The highest BCUT2D eigenvalue weighted by Gasteiger charge is 2.56. The molecule has 17 heteroatoms. The molecule has 2 rings (SSSR count). The topological polar surface area (TPSA) is 181 Å². The molecule has 2 unspecified atom stereocenters. The van der Waals surface area contributed by atoms with Gasteiger partial charge in [-0.1, -0.05) is 55.7 Å². The summed E-state index contributed by atoms with van der Waals surface area (Å²) in [6.07, 6.45) is -3.44. The number of hydrogen-bond donors (Lipinski definition) is 3. The van der Waals surface area contributed by atoms with Crippen molar-refractivity contribution < 1.29 is 37.8 Å². The van der Waals surface area contributed by atoms with Gasteiger partial charge in [0.2, 0.25) is 0 Å². The Morgan fingerprint density at radius 2 is 1.97 bits per heavy atom. The number of thioether (sulfide) groups is 1. The maximum absolute atomic E-state index is 13.6. The van der Waals surface area contributed by atoms with Crippen molar-refractivity contribution in [2.24, 2.45) is 5.41 Å². The summed E-state index contributed by atoms with van der Waals surface area (Å²) in [4.78, 5) is 40.3. The third-order valence-electron chi connectivity index (χ3n) is 5.14. The number of hydrogen-bond acceptors (Lipinski definition) is 12. The Hall–Kier alpha value is -1.22. The summed E-state index contributed by atoms with van der Waals surface area (Å²) in [5.41, 5.74) is 4.11. The third kappa shape index (κ3) is 9.40. The van der Waals surface area contributed by atoms with E-state index in [-0.39, 0.29) is 23.3 Å². The van der Waals surface area contributed by atoms with Gasteiger partial charge in [0.15, 0.2) is 15.7 Å². The molecule has 39 heavy (non-hydrogen) atoms. The van der Waals surface area contributed by atoms with Crippen LogP contribution in [0.25, 0.3) is 0 Å². The Bertz CT molecular complexity index is 1130. The molecule has 1 aromatic heterocycles. The molecule has 0 amide bonds. The molecule has 0 radical (unpaired) electrons. The zero-order valence-electron chi connectivity index (χ0n) is 22.5. The maximum atomic E-state index is 13.6. The van der Waals surface area contributed by atoms with Crippen molar-refractivity contribution in [3.8, 4) is 0 Å². The number of nitrogens with one attached hydrogen (secondary N) is 1. The van der Waals surface area contributed by atoms with Gasteiger partial charge in [0.05, 0.1) is 19.3 Å². The van der Waals surface area contributed by atoms with Crippen LogP contribution in [0.1, 0.15) is 47.8 Å². The minimum Gasteiger partial charge on any atom is -0.462 e. The lowest BCUT2D eigenvalue weighted by Crippen LogP contribution is -2.40. The minimum absolute atomic E-state index is 0.0407. The first-order chi connectivity index (χ1) is 17.9. The summed E-state index contributed by atoms with van der Waals surface area (Å²) in [7, 11) is -4.25. The normalized spacial score (nSPS) is 23.4. The summed E-state index contributed by atoms with van der Waals surface area (Å²) in [5, 5.41) is 13.1. The number of esters is 1.